The molecule has 0 saturated heterocycles. The van der Waals surface area contributed by atoms with Crippen LogP contribution in [0.4, 0.5) is 0 Å². The average Bonchev–Trinajstić information content (AvgIpc) is 2.86. The van der Waals surface area contributed by atoms with Crippen LogP contribution in [0.2, 0.25) is 0 Å². The minimum Gasteiger partial charge on any atom is -0.508 e. The van der Waals surface area contributed by atoms with Crippen LogP contribution in [0.3, 0.4) is 0 Å². The van der Waals surface area contributed by atoms with Gasteiger partial charge in [-0.05, 0) is 80.1 Å². The zero-order chi connectivity index (χ0) is 26.9. The molecule has 38 heavy (non-hydrogen) atoms. The Bertz CT molecular complexity index is 1340. The standard InChI is InChI=1S/C31H35NO6/c1-20-23(6-5-7-25(20)21-8-9-27-29(15-21)36-13-12-35-27)19-37-28-16-24(33)14-22-10-11-32(17-26(22)28)18-30(34)38-31(2,3)4/h5-9,14-16,33H,10-13,17-19H2,1-4H3. The third-order valence-corrected chi connectivity index (χ3v) is 6.82. The van der Waals surface area contributed by atoms with Crippen molar-refractivity contribution in [2.45, 2.75) is 52.9 Å². The summed E-state index contributed by atoms with van der Waals surface area (Å²) in [7, 11) is 0. The van der Waals surface area contributed by atoms with Gasteiger partial charge in [0.25, 0.3) is 0 Å². The van der Waals surface area contributed by atoms with E-state index in [9.17, 15) is 9.90 Å². The minimum atomic E-state index is -0.517. The fourth-order valence-electron chi connectivity index (χ4n) is 5.01. The van der Waals surface area contributed by atoms with Gasteiger partial charge in [-0.1, -0.05) is 24.3 Å². The van der Waals surface area contributed by atoms with Crippen LogP contribution in [0.1, 0.15) is 43.0 Å². The van der Waals surface area contributed by atoms with E-state index in [-0.39, 0.29) is 18.3 Å². The molecule has 0 radical (unpaired) electrons. The highest BCUT2D eigenvalue weighted by molar-refractivity contribution is 5.72. The first-order valence-electron chi connectivity index (χ1n) is 13.1. The molecule has 0 aliphatic carbocycles. The molecule has 0 saturated carbocycles. The fraction of sp³-hybridized carbons (Fsp3) is 0.387. The number of phenolic OH excluding ortho intramolecular Hbond substituents is 1. The Balaban J connectivity index is 1.33. The first-order valence-corrected chi connectivity index (χ1v) is 13.1. The van der Waals surface area contributed by atoms with Crippen molar-refractivity contribution in [2.24, 2.45) is 0 Å². The third-order valence-electron chi connectivity index (χ3n) is 6.82. The van der Waals surface area contributed by atoms with Gasteiger partial charge in [0.1, 0.15) is 36.9 Å². The molecule has 3 aromatic rings. The van der Waals surface area contributed by atoms with Crippen LogP contribution in [0.5, 0.6) is 23.0 Å². The number of hydrogen-bond donors (Lipinski definition) is 1. The largest absolute Gasteiger partial charge is 0.508 e. The van der Waals surface area contributed by atoms with Gasteiger partial charge in [-0.2, -0.15) is 0 Å². The summed E-state index contributed by atoms with van der Waals surface area (Å²) in [6.45, 7) is 10.7. The Morgan fingerprint density at radius 3 is 2.63 bits per heavy atom. The molecule has 0 amide bonds. The molecule has 2 heterocycles. The van der Waals surface area contributed by atoms with E-state index in [4.69, 9.17) is 18.9 Å². The number of rotatable bonds is 6. The van der Waals surface area contributed by atoms with Crippen molar-refractivity contribution in [3.63, 3.8) is 0 Å². The molecular weight excluding hydrogens is 482 g/mol. The van der Waals surface area contributed by atoms with Crippen LogP contribution < -0.4 is 14.2 Å². The van der Waals surface area contributed by atoms with Crippen LogP contribution in [-0.4, -0.2) is 47.9 Å². The summed E-state index contributed by atoms with van der Waals surface area (Å²) < 4.78 is 23.3. The van der Waals surface area contributed by atoms with Gasteiger partial charge in [-0.3, -0.25) is 9.69 Å². The summed E-state index contributed by atoms with van der Waals surface area (Å²) in [5.41, 5.74) is 5.85. The molecule has 5 rings (SSSR count). The zero-order valence-electron chi connectivity index (χ0n) is 22.5. The van der Waals surface area contributed by atoms with Crippen molar-refractivity contribution in [1.82, 2.24) is 4.90 Å². The summed E-state index contributed by atoms with van der Waals surface area (Å²) >= 11 is 0. The summed E-state index contributed by atoms with van der Waals surface area (Å²) in [5.74, 6) is 2.11. The van der Waals surface area contributed by atoms with Gasteiger partial charge in [0.2, 0.25) is 0 Å². The van der Waals surface area contributed by atoms with Gasteiger partial charge < -0.3 is 24.1 Å². The Kier molecular flexibility index (Phi) is 7.21. The Labute approximate surface area is 223 Å². The molecule has 200 valence electrons. The van der Waals surface area contributed by atoms with E-state index >= 15 is 0 Å². The number of benzene rings is 3. The zero-order valence-corrected chi connectivity index (χ0v) is 22.5. The molecule has 0 atom stereocenters. The van der Waals surface area contributed by atoms with Crippen LogP contribution in [0, 0.1) is 6.92 Å². The Hall–Kier alpha value is -3.71. The quantitative estimate of drug-likeness (QED) is 0.438. The lowest BCUT2D eigenvalue weighted by atomic mass is 9.96. The predicted molar refractivity (Wildman–Crippen MR) is 145 cm³/mol. The number of nitrogens with zero attached hydrogens (tertiary/aromatic N) is 1. The lowest BCUT2D eigenvalue weighted by Gasteiger charge is -2.30. The summed E-state index contributed by atoms with van der Waals surface area (Å²) in [6, 6.07) is 15.6. The second kappa shape index (κ2) is 10.6. The van der Waals surface area contributed by atoms with Crippen molar-refractivity contribution in [1.29, 1.82) is 0 Å². The van der Waals surface area contributed by atoms with E-state index in [1.165, 1.54) is 0 Å². The van der Waals surface area contributed by atoms with Crippen LogP contribution >= 0.6 is 0 Å². The number of esters is 1. The minimum absolute atomic E-state index is 0.182. The molecular formula is C31H35NO6. The highest BCUT2D eigenvalue weighted by Crippen LogP contribution is 2.37. The number of fused-ring (bicyclic) bond motifs is 2. The topological polar surface area (TPSA) is 77.5 Å². The lowest BCUT2D eigenvalue weighted by Crippen LogP contribution is -2.38. The number of aromatic hydroxyl groups is 1. The molecule has 7 heteroatoms. The molecule has 0 aromatic heterocycles. The first kappa shape index (κ1) is 25.9. The molecule has 7 nitrogen and oxygen atoms in total. The van der Waals surface area contributed by atoms with Crippen LogP contribution in [0.15, 0.2) is 48.5 Å². The van der Waals surface area contributed by atoms with Gasteiger partial charge in [0, 0.05) is 24.7 Å². The van der Waals surface area contributed by atoms with Crippen LogP contribution in [0.25, 0.3) is 11.1 Å². The normalized spacial score (nSPS) is 15.1. The Morgan fingerprint density at radius 1 is 1.05 bits per heavy atom. The van der Waals surface area contributed by atoms with Gasteiger partial charge in [0.15, 0.2) is 11.5 Å². The number of phenols is 1. The van der Waals surface area contributed by atoms with Crippen molar-refractivity contribution in [3.8, 4) is 34.1 Å². The number of hydrogen-bond acceptors (Lipinski definition) is 7. The summed E-state index contributed by atoms with van der Waals surface area (Å²) in [6.07, 6.45) is 0.724. The number of carbonyl (C=O) groups is 1. The van der Waals surface area contributed by atoms with Crippen molar-refractivity contribution >= 4 is 5.97 Å². The number of ether oxygens (including phenoxy) is 4. The second-order valence-corrected chi connectivity index (χ2v) is 10.9. The van der Waals surface area contributed by atoms with Gasteiger partial charge in [-0.25, -0.2) is 0 Å². The monoisotopic (exact) mass is 517 g/mol. The van der Waals surface area contributed by atoms with Gasteiger partial charge in [0.05, 0.1) is 6.54 Å². The smallest absolute Gasteiger partial charge is 0.320 e. The SMILES string of the molecule is Cc1c(COc2cc(O)cc3c2CN(CC(=O)OC(C)(C)C)CC3)cccc1-c1ccc2c(c1)OCCO2. The van der Waals surface area contributed by atoms with Gasteiger partial charge in [-0.15, -0.1) is 0 Å². The number of carbonyl (C=O) groups excluding carboxylic acids is 1. The van der Waals surface area contributed by atoms with E-state index < -0.39 is 5.60 Å². The van der Waals surface area contributed by atoms with E-state index in [0.717, 1.165) is 51.3 Å². The molecule has 2 aliphatic heterocycles. The van der Waals surface area contributed by atoms with E-state index in [2.05, 4.69) is 24.0 Å². The summed E-state index contributed by atoms with van der Waals surface area (Å²) in [4.78, 5) is 14.5. The maximum atomic E-state index is 12.4. The predicted octanol–water partition coefficient (Wildman–Crippen LogP) is 5.42. The highest BCUT2D eigenvalue weighted by Gasteiger charge is 2.25. The molecule has 0 fully saturated rings. The third kappa shape index (κ3) is 5.89. The highest BCUT2D eigenvalue weighted by atomic mass is 16.6. The van der Waals surface area contributed by atoms with Crippen LogP contribution in [-0.2, 0) is 29.1 Å². The van der Waals surface area contributed by atoms with E-state index in [0.29, 0.717) is 38.7 Å². The second-order valence-electron chi connectivity index (χ2n) is 10.9. The fourth-order valence-corrected chi connectivity index (χ4v) is 5.01. The maximum absolute atomic E-state index is 12.4. The Morgan fingerprint density at radius 2 is 1.84 bits per heavy atom. The molecule has 0 bridgehead atoms. The average molecular weight is 518 g/mol. The molecule has 1 N–H and O–H groups in total. The van der Waals surface area contributed by atoms with Crippen molar-refractivity contribution < 1.29 is 28.8 Å². The molecule has 0 unspecified atom stereocenters. The first-order chi connectivity index (χ1) is 18.2. The summed E-state index contributed by atoms with van der Waals surface area (Å²) in [5, 5.41) is 10.4. The molecule has 0 spiro atoms. The van der Waals surface area contributed by atoms with E-state index in [1.807, 2.05) is 45.0 Å². The maximum Gasteiger partial charge on any atom is 0.320 e. The van der Waals surface area contributed by atoms with E-state index in [1.54, 1.807) is 12.1 Å². The van der Waals surface area contributed by atoms with Gasteiger partial charge >= 0.3 is 5.97 Å². The molecule has 3 aromatic carbocycles. The molecule has 2 aliphatic rings. The van der Waals surface area contributed by atoms with Crippen molar-refractivity contribution in [2.75, 3.05) is 26.3 Å². The lowest BCUT2D eigenvalue weighted by molar-refractivity contribution is -0.156. The van der Waals surface area contributed by atoms with Crippen molar-refractivity contribution in [3.05, 3.63) is 70.8 Å².